The van der Waals surface area contributed by atoms with Crippen LogP contribution in [0, 0.1) is 0 Å². The third-order valence-corrected chi connectivity index (χ3v) is 3.77. The SMILES string of the molecule is COCc1ccccc1-c1cc(C(=O)O)cc(-c2ccccn2)c1. The molecule has 0 amide bonds. The maximum absolute atomic E-state index is 11.5. The monoisotopic (exact) mass is 319 g/mol. The van der Waals surface area contributed by atoms with E-state index < -0.39 is 5.97 Å². The van der Waals surface area contributed by atoms with E-state index in [-0.39, 0.29) is 5.56 Å². The van der Waals surface area contributed by atoms with Gasteiger partial charge in [0.05, 0.1) is 17.9 Å². The molecule has 0 atom stereocenters. The van der Waals surface area contributed by atoms with Crippen molar-refractivity contribution in [3.05, 3.63) is 78.0 Å². The van der Waals surface area contributed by atoms with Crippen LogP contribution < -0.4 is 0 Å². The van der Waals surface area contributed by atoms with Crippen molar-refractivity contribution in [1.29, 1.82) is 0 Å². The topological polar surface area (TPSA) is 59.4 Å². The first kappa shape index (κ1) is 15.9. The maximum Gasteiger partial charge on any atom is 0.335 e. The van der Waals surface area contributed by atoms with E-state index in [4.69, 9.17) is 4.74 Å². The maximum atomic E-state index is 11.5. The summed E-state index contributed by atoms with van der Waals surface area (Å²) >= 11 is 0. The Hall–Kier alpha value is -2.98. The van der Waals surface area contributed by atoms with Gasteiger partial charge >= 0.3 is 5.97 Å². The third kappa shape index (κ3) is 3.34. The van der Waals surface area contributed by atoms with Crippen molar-refractivity contribution >= 4 is 5.97 Å². The fourth-order valence-corrected chi connectivity index (χ4v) is 2.67. The molecule has 0 spiro atoms. The van der Waals surface area contributed by atoms with Crippen molar-refractivity contribution in [2.75, 3.05) is 7.11 Å². The smallest absolute Gasteiger partial charge is 0.335 e. The molecule has 0 radical (unpaired) electrons. The van der Waals surface area contributed by atoms with Crippen LogP contribution in [0.15, 0.2) is 66.9 Å². The molecule has 3 rings (SSSR count). The molecular weight excluding hydrogens is 302 g/mol. The molecule has 1 N–H and O–H groups in total. The summed E-state index contributed by atoms with van der Waals surface area (Å²) in [6.07, 6.45) is 1.70. The van der Waals surface area contributed by atoms with Crippen LogP contribution in [0.3, 0.4) is 0 Å². The van der Waals surface area contributed by atoms with Crippen molar-refractivity contribution in [1.82, 2.24) is 4.98 Å². The molecule has 120 valence electrons. The Morgan fingerprint density at radius 1 is 1.04 bits per heavy atom. The number of carboxylic acids is 1. The molecule has 0 aliphatic carbocycles. The average molecular weight is 319 g/mol. The molecule has 1 aromatic heterocycles. The summed E-state index contributed by atoms with van der Waals surface area (Å²) in [6, 6.07) is 18.7. The molecule has 0 fully saturated rings. The van der Waals surface area contributed by atoms with Crippen molar-refractivity contribution in [3.8, 4) is 22.4 Å². The number of carboxylic acid groups (broad SMARTS) is 1. The number of ether oxygens (including phenoxy) is 1. The zero-order chi connectivity index (χ0) is 16.9. The lowest BCUT2D eigenvalue weighted by Gasteiger charge is -2.12. The van der Waals surface area contributed by atoms with Crippen molar-refractivity contribution in [3.63, 3.8) is 0 Å². The number of carbonyl (C=O) groups is 1. The van der Waals surface area contributed by atoms with Gasteiger partial charge in [0.15, 0.2) is 0 Å². The van der Waals surface area contributed by atoms with E-state index in [1.54, 1.807) is 25.4 Å². The fourth-order valence-electron chi connectivity index (χ4n) is 2.67. The first-order valence-electron chi connectivity index (χ1n) is 7.56. The number of methoxy groups -OCH3 is 1. The van der Waals surface area contributed by atoms with Gasteiger partial charge in [0.25, 0.3) is 0 Å². The molecule has 3 aromatic rings. The van der Waals surface area contributed by atoms with Crippen LogP contribution in [0.1, 0.15) is 15.9 Å². The number of pyridine rings is 1. The zero-order valence-corrected chi connectivity index (χ0v) is 13.3. The van der Waals surface area contributed by atoms with E-state index in [2.05, 4.69) is 4.98 Å². The van der Waals surface area contributed by atoms with E-state index in [9.17, 15) is 9.90 Å². The number of nitrogens with zero attached hydrogens (tertiary/aromatic N) is 1. The van der Waals surface area contributed by atoms with Gasteiger partial charge in [0.2, 0.25) is 0 Å². The van der Waals surface area contributed by atoms with E-state index in [1.807, 2.05) is 48.5 Å². The molecule has 4 heteroatoms. The van der Waals surface area contributed by atoms with Crippen molar-refractivity contribution in [2.24, 2.45) is 0 Å². The van der Waals surface area contributed by atoms with Gasteiger partial charge in [-0.3, -0.25) is 4.98 Å². The largest absolute Gasteiger partial charge is 0.478 e. The highest BCUT2D eigenvalue weighted by Crippen LogP contribution is 2.30. The predicted octanol–water partition coefficient (Wildman–Crippen LogP) is 4.26. The molecule has 0 saturated heterocycles. The second-order valence-electron chi connectivity index (χ2n) is 5.41. The summed E-state index contributed by atoms with van der Waals surface area (Å²) in [4.78, 5) is 15.9. The number of hydrogen-bond acceptors (Lipinski definition) is 3. The first-order valence-corrected chi connectivity index (χ1v) is 7.56. The average Bonchev–Trinajstić information content (AvgIpc) is 2.63. The molecule has 0 unspecified atom stereocenters. The molecule has 0 aliphatic rings. The highest BCUT2D eigenvalue weighted by Gasteiger charge is 2.12. The predicted molar refractivity (Wildman–Crippen MR) is 92.8 cm³/mol. The molecule has 0 aliphatic heterocycles. The van der Waals surface area contributed by atoms with Gasteiger partial charge in [0.1, 0.15) is 0 Å². The van der Waals surface area contributed by atoms with Crippen LogP contribution in [0.4, 0.5) is 0 Å². The van der Waals surface area contributed by atoms with Crippen molar-refractivity contribution < 1.29 is 14.6 Å². The van der Waals surface area contributed by atoms with Crippen LogP contribution in [-0.2, 0) is 11.3 Å². The molecule has 0 bridgehead atoms. The highest BCUT2D eigenvalue weighted by molar-refractivity contribution is 5.92. The van der Waals surface area contributed by atoms with Crippen LogP contribution >= 0.6 is 0 Å². The van der Waals surface area contributed by atoms with E-state index in [0.717, 1.165) is 27.9 Å². The Kier molecular flexibility index (Phi) is 4.68. The summed E-state index contributed by atoms with van der Waals surface area (Å²) in [6.45, 7) is 0.465. The van der Waals surface area contributed by atoms with Gasteiger partial charge in [-0.1, -0.05) is 30.3 Å². The first-order chi connectivity index (χ1) is 11.7. The lowest BCUT2D eigenvalue weighted by atomic mass is 9.95. The normalized spacial score (nSPS) is 10.5. The van der Waals surface area contributed by atoms with E-state index >= 15 is 0 Å². The number of aromatic nitrogens is 1. The molecule has 1 heterocycles. The zero-order valence-electron chi connectivity index (χ0n) is 13.3. The molecule has 2 aromatic carbocycles. The molecule has 0 saturated carbocycles. The summed E-state index contributed by atoms with van der Waals surface area (Å²) in [5, 5.41) is 9.46. The summed E-state index contributed by atoms with van der Waals surface area (Å²) < 4.78 is 5.25. The van der Waals surface area contributed by atoms with E-state index in [0.29, 0.717) is 6.61 Å². The Morgan fingerprint density at radius 3 is 2.50 bits per heavy atom. The van der Waals surface area contributed by atoms with Crippen LogP contribution in [0.2, 0.25) is 0 Å². The number of hydrogen-bond donors (Lipinski definition) is 1. The minimum absolute atomic E-state index is 0.236. The van der Waals surface area contributed by atoms with Gasteiger partial charge in [-0.15, -0.1) is 0 Å². The minimum Gasteiger partial charge on any atom is -0.478 e. The molecular formula is C20H17NO3. The standard InChI is InChI=1S/C20H17NO3/c1-24-13-14-6-2-3-7-18(14)15-10-16(12-17(11-15)20(22)23)19-8-4-5-9-21-19/h2-12H,13H2,1H3,(H,22,23). The number of aromatic carboxylic acids is 1. The van der Waals surface area contributed by atoms with Gasteiger partial charge in [-0.2, -0.15) is 0 Å². The Morgan fingerprint density at radius 2 is 1.79 bits per heavy atom. The van der Waals surface area contributed by atoms with Gasteiger partial charge in [-0.25, -0.2) is 4.79 Å². The fraction of sp³-hybridized carbons (Fsp3) is 0.100. The Balaban J connectivity index is 2.18. The van der Waals surface area contributed by atoms with E-state index in [1.165, 1.54) is 0 Å². The van der Waals surface area contributed by atoms with Gasteiger partial charge < -0.3 is 9.84 Å². The minimum atomic E-state index is -0.960. The number of benzene rings is 2. The Labute approximate surface area is 140 Å². The second kappa shape index (κ2) is 7.06. The lowest BCUT2D eigenvalue weighted by molar-refractivity contribution is 0.0697. The quantitative estimate of drug-likeness (QED) is 0.763. The molecule has 4 nitrogen and oxygen atoms in total. The highest BCUT2D eigenvalue weighted by atomic mass is 16.5. The Bertz CT molecular complexity index is 860. The van der Waals surface area contributed by atoms with Crippen LogP contribution in [-0.4, -0.2) is 23.2 Å². The summed E-state index contributed by atoms with van der Waals surface area (Å²) in [5.41, 5.74) is 4.56. The lowest BCUT2D eigenvalue weighted by Crippen LogP contribution is -1.99. The van der Waals surface area contributed by atoms with Crippen LogP contribution in [0.25, 0.3) is 22.4 Å². The number of rotatable bonds is 5. The summed E-state index contributed by atoms with van der Waals surface area (Å²) in [7, 11) is 1.64. The second-order valence-corrected chi connectivity index (χ2v) is 5.41. The third-order valence-electron chi connectivity index (χ3n) is 3.77. The summed E-state index contributed by atoms with van der Waals surface area (Å²) in [5.74, 6) is -0.960. The van der Waals surface area contributed by atoms with Gasteiger partial charge in [-0.05, 0) is 47.0 Å². The van der Waals surface area contributed by atoms with Crippen LogP contribution in [0.5, 0.6) is 0 Å². The molecule has 24 heavy (non-hydrogen) atoms. The van der Waals surface area contributed by atoms with Crippen molar-refractivity contribution in [2.45, 2.75) is 6.61 Å². The van der Waals surface area contributed by atoms with Gasteiger partial charge in [0, 0.05) is 18.9 Å².